The number of hydrogen-bond acceptors (Lipinski definition) is 4. The highest BCUT2D eigenvalue weighted by Crippen LogP contribution is 2.59. The molecule has 4 aliphatic rings. The summed E-state index contributed by atoms with van der Waals surface area (Å²) in [4.78, 5) is 11.9. The first kappa shape index (κ1) is 25.4. The zero-order valence-corrected chi connectivity index (χ0v) is 21.4. The van der Waals surface area contributed by atoms with Crippen molar-refractivity contribution in [3.05, 3.63) is 47.5 Å². The third kappa shape index (κ3) is 6.12. The third-order valence-electron chi connectivity index (χ3n) is 8.70. The summed E-state index contributed by atoms with van der Waals surface area (Å²) in [5.74, 6) is -0.360. The van der Waals surface area contributed by atoms with E-state index in [4.69, 9.17) is 14.2 Å². The smallest absolute Gasteiger partial charge is 0.332 e. The van der Waals surface area contributed by atoms with E-state index in [2.05, 4.69) is 38.1 Å². The molecule has 3 aliphatic carbocycles. The average molecular weight is 469 g/mol. The predicted molar refractivity (Wildman–Crippen MR) is 136 cm³/mol. The van der Waals surface area contributed by atoms with E-state index >= 15 is 0 Å². The van der Waals surface area contributed by atoms with Crippen molar-refractivity contribution in [2.45, 2.75) is 115 Å². The molecule has 1 heterocycles. The number of rotatable bonds is 11. The zero-order chi connectivity index (χ0) is 23.9. The van der Waals surface area contributed by atoms with Crippen LogP contribution in [0.3, 0.4) is 0 Å². The molecule has 1 aliphatic heterocycles. The maximum atomic E-state index is 11.9. The van der Waals surface area contributed by atoms with Gasteiger partial charge in [0.25, 0.3) is 0 Å². The number of allylic oxidation sites excluding steroid dienone is 1. The highest BCUT2D eigenvalue weighted by Gasteiger charge is 2.48. The van der Waals surface area contributed by atoms with Gasteiger partial charge in [0.2, 0.25) is 6.29 Å². The Bertz CT molecular complexity index is 779. The van der Waals surface area contributed by atoms with Gasteiger partial charge in [-0.3, -0.25) is 0 Å². The number of unbranched alkanes of at least 4 members (excludes halogenated alkanes) is 4. The molecule has 0 aromatic heterocycles. The van der Waals surface area contributed by atoms with E-state index in [1.165, 1.54) is 75.8 Å². The summed E-state index contributed by atoms with van der Waals surface area (Å²) in [7, 11) is 0. The average Bonchev–Trinajstić information content (AvgIpc) is 2.88. The molecule has 3 saturated carbocycles. The number of ether oxygens (including phenoxy) is 3. The number of hydrogen-bond donors (Lipinski definition) is 0. The number of carbonyl (C=O) groups is 1. The number of fused-ring (bicyclic) bond motifs is 3. The molecule has 5 rings (SSSR count). The van der Waals surface area contributed by atoms with Gasteiger partial charge in [0.05, 0.1) is 6.61 Å². The lowest BCUT2D eigenvalue weighted by Gasteiger charge is -2.54. The van der Waals surface area contributed by atoms with Gasteiger partial charge in [-0.1, -0.05) is 76.3 Å². The van der Waals surface area contributed by atoms with Crippen molar-refractivity contribution in [3.63, 3.8) is 0 Å². The molecule has 4 nitrogen and oxygen atoms in total. The van der Waals surface area contributed by atoms with Crippen LogP contribution in [-0.2, 0) is 24.4 Å². The van der Waals surface area contributed by atoms with Crippen LogP contribution in [0, 0.1) is 5.41 Å². The van der Waals surface area contributed by atoms with E-state index < -0.39 is 6.29 Å². The summed E-state index contributed by atoms with van der Waals surface area (Å²) in [6.07, 6.45) is 19.6. The monoisotopic (exact) mass is 468 g/mol. The van der Waals surface area contributed by atoms with Crippen LogP contribution in [0.5, 0.6) is 0 Å². The molecule has 4 heteroatoms. The van der Waals surface area contributed by atoms with E-state index in [1.54, 1.807) is 0 Å². The third-order valence-corrected chi connectivity index (χ3v) is 8.70. The van der Waals surface area contributed by atoms with E-state index in [1.807, 2.05) is 6.08 Å². The molecule has 2 atom stereocenters. The van der Waals surface area contributed by atoms with Gasteiger partial charge < -0.3 is 14.2 Å². The van der Waals surface area contributed by atoms with E-state index in [0.29, 0.717) is 17.4 Å². The lowest BCUT2D eigenvalue weighted by atomic mass is 9.51. The minimum atomic E-state index is -0.625. The van der Waals surface area contributed by atoms with Crippen molar-refractivity contribution in [1.29, 1.82) is 0 Å². The molecular formula is C30H44O4. The Kier molecular flexibility index (Phi) is 8.87. The van der Waals surface area contributed by atoms with Crippen LogP contribution < -0.4 is 0 Å². The van der Waals surface area contributed by atoms with Gasteiger partial charge in [-0.05, 0) is 73.3 Å². The van der Waals surface area contributed by atoms with Gasteiger partial charge in [0, 0.05) is 6.08 Å². The van der Waals surface area contributed by atoms with Gasteiger partial charge >= 0.3 is 5.97 Å². The molecule has 2 unspecified atom stereocenters. The quantitative estimate of drug-likeness (QED) is 0.191. The van der Waals surface area contributed by atoms with E-state index in [0.717, 1.165) is 24.8 Å². The fraction of sp³-hybridized carbons (Fsp3) is 0.700. The second kappa shape index (κ2) is 11.9. The highest BCUT2D eigenvalue weighted by molar-refractivity contribution is 5.81. The molecule has 34 heavy (non-hydrogen) atoms. The molecule has 2 bridgehead atoms. The lowest BCUT2D eigenvalue weighted by Crippen LogP contribution is -2.44. The fourth-order valence-electron chi connectivity index (χ4n) is 6.29. The van der Waals surface area contributed by atoms with Crippen molar-refractivity contribution < 1.29 is 19.0 Å². The van der Waals surface area contributed by atoms with Crippen LogP contribution in [0.15, 0.2) is 36.4 Å². The van der Waals surface area contributed by atoms with E-state index in [-0.39, 0.29) is 18.7 Å². The van der Waals surface area contributed by atoms with E-state index in [9.17, 15) is 4.79 Å². The van der Waals surface area contributed by atoms with Crippen LogP contribution in [0.2, 0.25) is 0 Å². The normalized spacial score (nSPS) is 31.1. The molecular weight excluding hydrogens is 424 g/mol. The Morgan fingerprint density at radius 3 is 2.26 bits per heavy atom. The molecule has 0 amide bonds. The summed E-state index contributed by atoms with van der Waals surface area (Å²) in [5, 5.41) is 0. The molecule has 1 aromatic rings. The number of esters is 1. The molecule has 4 fully saturated rings. The summed E-state index contributed by atoms with van der Waals surface area (Å²) >= 11 is 0. The van der Waals surface area contributed by atoms with Crippen molar-refractivity contribution in [2.24, 2.45) is 5.41 Å². The molecule has 1 saturated heterocycles. The summed E-state index contributed by atoms with van der Waals surface area (Å²) < 4.78 is 17.1. The SMILES string of the molecule is CCCC/C=C/C(=O)OC1COC(c2ccc(C34CCC(CCCCC)(CC3)CC4)cc2)CO1. The van der Waals surface area contributed by atoms with Gasteiger partial charge in [0.1, 0.15) is 12.7 Å². The van der Waals surface area contributed by atoms with Gasteiger partial charge in [-0.2, -0.15) is 0 Å². The van der Waals surface area contributed by atoms with Crippen molar-refractivity contribution in [3.8, 4) is 0 Å². The largest absolute Gasteiger partial charge is 0.430 e. The maximum absolute atomic E-state index is 11.9. The second-order valence-electron chi connectivity index (χ2n) is 10.9. The molecule has 188 valence electrons. The Morgan fingerprint density at radius 1 is 0.941 bits per heavy atom. The molecule has 0 N–H and O–H groups in total. The summed E-state index contributed by atoms with van der Waals surface area (Å²) in [6.45, 7) is 5.11. The van der Waals surface area contributed by atoms with Crippen LogP contribution >= 0.6 is 0 Å². The van der Waals surface area contributed by atoms with Gasteiger partial charge in [-0.15, -0.1) is 0 Å². The van der Waals surface area contributed by atoms with Crippen LogP contribution in [0.25, 0.3) is 0 Å². The minimum Gasteiger partial charge on any atom is -0.430 e. The minimum absolute atomic E-state index is 0.106. The van der Waals surface area contributed by atoms with Crippen LogP contribution in [0.1, 0.15) is 115 Å². The standard InChI is InChI=1S/C30H44O4/c1-3-5-7-8-10-27(31)34-28-23-32-26(22-33-28)24-11-13-25(14-12-24)30-19-16-29(17-20-30,18-21-30)15-9-6-4-2/h8,10-14,26,28H,3-7,9,15-23H2,1-2H3/b10-8+. The van der Waals surface area contributed by atoms with Crippen molar-refractivity contribution in [2.75, 3.05) is 13.2 Å². The van der Waals surface area contributed by atoms with Gasteiger partial charge in [0.15, 0.2) is 0 Å². The second-order valence-corrected chi connectivity index (χ2v) is 10.9. The summed E-state index contributed by atoms with van der Waals surface area (Å²) in [5.41, 5.74) is 3.69. The van der Waals surface area contributed by atoms with Crippen molar-refractivity contribution in [1.82, 2.24) is 0 Å². The molecule has 0 spiro atoms. The fourth-order valence-corrected chi connectivity index (χ4v) is 6.29. The maximum Gasteiger partial charge on any atom is 0.332 e. The van der Waals surface area contributed by atoms with Gasteiger partial charge in [-0.25, -0.2) is 4.79 Å². The first-order valence-electron chi connectivity index (χ1n) is 13.8. The molecule has 1 aromatic carbocycles. The van der Waals surface area contributed by atoms with Crippen molar-refractivity contribution >= 4 is 5.97 Å². The zero-order valence-electron chi connectivity index (χ0n) is 21.4. The molecule has 0 radical (unpaired) electrons. The first-order chi connectivity index (χ1) is 16.6. The highest BCUT2D eigenvalue weighted by atomic mass is 16.7. The Labute approximate surface area is 206 Å². The Balaban J connectivity index is 1.25. The van der Waals surface area contributed by atoms with Crippen LogP contribution in [0.4, 0.5) is 0 Å². The van der Waals surface area contributed by atoms with Crippen LogP contribution in [-0.4, -0.2) is 25.5 Å². The Morgan fingerprint density at radius 2 is 1.65 bits per heavy atom. The topological polar surface area (TPSA) is 44.8 Å². The first-order valence-corrected chi connectivity index (χ1v) is 13.8. The number of carbonyl (C=O) groups excluding carboxylic acids is 1. The summed E-state index contributed by atoms with van der Waals surface area (Å²) in [6, 6.07) is 9.11. The Hall–Kier alpha value is -1.65. The lowest BCUT2D eigenvalue weighted by molar-refractivity contribution is -0.230. The predicted octanol–water partition coefficient (Wildman–Crippen LogP) is 7.56. The number of benzene rings is 1.